The van der Waals surface area contributed by atoms with Crippen molar-refractivity contribution >= 4 is 11.7 Å². The van der Waals surface area contributed by atoms with Crippen LogP contribution >= 0.6 is 0 Å². The molecule has 1 aromatic rings. The molecule has 1 unspecified atom stereocenters. The lowest BCUT2D eigenvalue weighted by atomic mass is 10.1. The molecule has 2 heterocycles. The van der Waals surface area contributed by atoms with Crippen molar-refractivity contribution in [1.29, 1.82) is 0 Å². The molecule has 3 rings (SSSR count). The monoisotopic (exact) mass is 384 g/mol. The number of nitrogens with zero attached hydrogens (tertiary/aromatic N) is 4. The molecule has 1 saturated heterocycles. The van der Waals surface area contributed by atoms with Gasteiger partial charge in [-0.3, -0.25) is 4.90 Å². The highest BCUT2D eigenvalue weighted by Crippen LogP contribution is 2.37. The molecule has 27 heavy (non-hydrogen) atoms. The van der Waals surface area contributed by atoms with Crippen LogP contribution in [0.4, 0.5) is 18.9 Å². The van der Waals surface area contributed by atoms with Gasteiger partial charge in [-0.1, -0.05) is 11.8 Å². The Morgan fingerprint density at radius 2 is 2.07 bits per heavy atom. The van der Waals surface area contributed by atoms with E-state index in [9.17, 15) is 18.0 Å². The fraction of sp³-hybridized carbons (Fsp3) is 0.471. The largest absolute Gasteiger partial charge is 0.462 e. The van der Waals surface area contributed by atoms with E-state index in [4.69, 9.17) is 9.47 Å². The second-order valence-corrected chi connectivity index (χ2v) is 6.00. The Hall–Kier alpha value is -2.46. The number of morpholine rings is 1. The van der Waals surface area contributed by atoms with Gasteiger partial charge in [0.2, 0.25) is 0 Å². The quantitative estimate of drug-likeness (QED) is 0.746. The molecule has 1 fully saturated rings. The van der Waals surface area contributed by atoms with Crippen LogP contribution in [-0.2, 0) is 15.7 Å². The average molecular weight is 384 g/mol. The SMILES string of the molecule is C=C1N=NN(c2ccc(C(=O)OCC)c(C(F)(F)F)c2)C1N1CCOCC1. The van der Waals surface area contributed by atoms with Crippen molar-refractivity contribution in [3.63, 3.8) is 0 Å². The summed E-state index contributed by atoms with van der Waals surface area (Å²) >= 11 is 0. The standard InChI is InChI=1S/C17H19F3N4O3/c1-3-27-16(25)13-5-4-12(10-14(13)17(18,19)20)24-15(11(2)21-22-24)23-6-8-26-9-7-23/h4-5,10,15H,2-3,6-9H2,1H3. The molecule has 0 radical (unpaired) electrons. The highest BCUT2D eigenvalue weighted by molar-refractivity contribution is 5.92. The Kier molecular flexibility index (Phi) is 5.47. The van der Waals surface area contributed by atoms with Gasteiger partial charge in [-0.05, 0) is 25.1 Å². The van der Waals surface area contributed by atoms with Crippen molar-refractivity contribution in [3.05, 3.63) is 41.6 Å². The number of benzene rings is 1. The first-order chi connectivity index (χ1) is 12.8. The van der Waals surface area contributed by atoms with E-state index in [0.717, 1.165) is 12.1 Å². The molecule has 1 aromatic carbocycles. The summed E-state index contributed by atoms with van der Waals surface area (Å²) in [5.41, 5.74) is -1.02. The van der Waals surface area contributed by atoms with Crippen molar-refractivity contribution < 1.29 is 27.4 Å². The van der Waals surface area contributed by atoms with Crippen LogP contribution in [0.15, 0.2) is 40.8 Å². The first-order valence-electron chi connectivity index (χ1n) is 8.42. The van der Waals surface area contributed by atoms with Gasteiger partial charge in [0.05, 0.1) is 42.3 Å². The average Bonchev–Trinajstić information content (AvgIpc) is 3.03. The Morgan fingerprint density at radius 3 is 2.70 bits per heavy atom. The van der Waals surface area contributed by atoms with Gasteiger partial charge in [0.25, 0.3) is 0 Å². The number of anilines is 1. The number of hydrogen-bond acceptors (Lipinski definition) is 7. The molecular weight excluding hydrogens is 365 g/mol. The highest BCUT2D eigenvalue weighted by Gasteiger charge is 2.39. The van der Waals surface area contributed by atoms with E-state index in [1.807, 2.05) is 4.90 Å². The van der Waals surface area contributed by atoms with E-state index < -0.39 is 29.4 Å². The van der Waals surface area contributed by atoms with Crippen LogP contribution in [0.1, 0.15) is 22.8 Å². The third kappa shape index (κ3) is 3.96. The summed E-state index contributed by atoms with van der Waals surface area (Å²) in [6.07, 6.45) is -5.22. The molecule has 7 nitrogen and oxygen atoms in total. The van der Waals surface area contributed by atoms with E-state index in [2.05, 4.69) is 16.9 Å². The van der Waals surface area contributed by atoms with Crippen LogP contribution < -0.4 is 5.01 Å². The minimum Gasteiger partial charge on any atom is -0.462 e. The summed E-state index contributed by atoms with van der Waals surface area (Å²) < 4.78 is 50.6. The minimum absolute atomic E-state index is 0.0167. The highest BCUT2D eigenvalue weighted by atomic mass is 19.4. The Balaban J connectivity index is 1.97. The number of hydrogen-bond donors (Lipinski definition) is 0. The number of alkyl halides is 3. The minimum atomic E-state index is -4.72. The molecule has 0 N–H and O–H groups in total. The Bertz CT molecular complexity index is 760. The molecule has 146 valence electrons. The first-order valence-corrected chi connectivity index (χ1v) is 8.42. The summed E-state index contributed by atoms with van der Waals surface area (Å²) in [6.45, 7) is 7.54. The first kappa shape index (κ1) is 19.3. The number of rotatable bonds is 4. The molecule has 2 aliphatic rings. The predicted molar refractivity (Wildman–Crippen MR) is 90.1 cm³/mol. The topological polar surface area (TPSA) is 66.7 Å². The van der Waals surface area contributed by atoms with Gasteiger partial charge in [-0.25, -0.2) is 9.80 Å². The van der Waals surface area contributed by atoms with Crippen LogP contribution in [-0.4, -0.2) is 49.9 Å². The molecule has 1 atom stereocenters. The number of ether oxygens (including phenoxy) is 2. The van der Waals surface area contributed by atoms with E-state index in [0.29, 0.717) is 32.0 Å². The van der Waals surface area contributed by atoms with Crippen LogP contribution in [0.5, 0.6) is 0 Å². The Labute approximate surface area is 154 Å². The molecule has 10 heteroatoms. The number of halogens is 3. The lowest BCUT2D eigenvalue weighted by Crippen LogP contribution is -2.49. The molecule has 0 aromatic heterocycles. The maximum absolute atomic E-state index is 13.5. The fourth-order valence-corrected chi connectivity index (χ4v) is 3.02. The van der Waals surface area contributed by atoms with Gasteiger partial charge < -0.3 is 9.47 Å². The fourth-order valence-electron chi connectivity index (χ4n) is 3.02. The van der Waals surface area contributed by atoms with Crippen LogP contribution in [0.2, 0.25) is 0 Å². The molecule has 0 aliphatic carbocycles. The molecule has 0 saturated carbocycles. The lowest BCUT2D eigenvalue weighted by Gasteiger charge is -2.35. The van der Waals surface area contributed by atoms with Gasteiger partial charge in [-0.15, -0.1) is 5.11 Å². The summed E-state index contributed by atoms with van der Waals surface area (Å²) in [5.74, 6) is -1.02. The molecule has 0 bridgehead atoms. The van der Waals surface area contributed by atoms with Gasteiger partial charge in [-0.2, -0.15) is 13.2 Å². The van der Waals surface area contributed by atoms with Gasteiger partial charge >= 0.3 is 12.1 Å². The lowest BCUT2D eigenvalue weighted by molar-refractivity contribution is -0.138. The predicted octanol–water partition coefficient (Wildman–Crippen LogP) is 3.24. The normalized spacial score (nSPS) is 21.0. The van der Waals surface area contributed by atoms with Crippen LogP contribution in [0.3, 0.4) is 0 Å². The van der Waals surface area contributed by atoms with Gasteiger partial charge in [0, 0.05) is 13.1 Å². The van der Waals surface area contributed by atoms with Crippen molar-refractivity contribution in [2.45, 2.75) is 19.3 Å². The van der Waals surface area contributed by atoms with Gasteiger partial charge in [0.1, 0.15) is 0 Å². The maximum atomic E-state index is 13.5. The summed E-state index contributed by atoms with van der Waals surface area (Å²) in [6, 6.07) is 3.38. The zero-order chi connectivity index (χ0) is 19.6. The zero-order valence-electron chi connectivity index (χ0n) is 14.7. The van der Waals surface area contributed by atoms with Crippen LogP contribution in [0.25, 0.3) is 0 Å². The molecule has 0 spiro atoms. The zero-order valence-corrected chi connectivity index (χ0v) is 14.7. The second kappa shape index (κ2) is 7.65. The van der Waals surface area contributed by atoms with Crippen molar-refractivity contribution in [2.75, 3.05) is 37.9 Å². The summed E-state index contributed by atoms with van der Waals surface area (Å²) in [7, 11) is 0. The Morgan fingerprint density at radius 1 is 1.37 bits per heavy atom. The smallest absolute Gasteiger partial charge is 0.417 e. The maximum Gasteiger partial charge on any atom is 0.417 e. The summed E-state index contributed by atoms with van der Waals surface area (Å²) in [4.78, 5) is 13.9. The molecule has 2 aliphatic heterocycles. The second-order valence-electron chi connectivity index (χ2n) is 6.00. The van der Waals surface area contributed by atoms with Crippen molar-refractivity contribution in [3.8, 4) is 0 Å². The van der Waals surface area contributed by atoms with E-state index in [1.165, 1.54) is 18.0 Å². The van der Waals surface area contributed by atoms with Crippen molar-refractivity contribution in [2.24, 2.45) is 10.3 Å². The van der Waals surface area contributed by atoms with E-state index in [-0.39, 0.29) is 12.3 Å². The van der Waals surface area contributed by atoms with Gasteiger partial charge in [0.15, 0.2) is 6.17 Å². The van der Waals surface area contributed by atoms with Crippen LogP contribution in [0, 0.1) is 0 Å². The van der Waals surface area contributed by atoms with E-state index >= 15 is 0 Å². The molecule has 0 amide bonds. The van der Waals surface area contributed by atoms with E-state index in [1.54, 1.807) is 0 Å². The third-order valence-corrected chi connectivity index (χ3v) is 4.26. The third-order valence-electron chi connectivity index (χ3n) is 4.26. The number of esters is 1. The van der Waals surface area contributed by atoms with Crippen molar-refractivity contribution in [1.82, 2.24) is 4.90 Å². The molecular formula is C17H19F3N4O3. The number of carbonyl (C=O) groups excluding carboxylic acids is 1. The summed E-state index contributed by atoms with van der Waals surface area (Å²) in [5, 5.41) is 9.27. The number of carbonyl (C=O) groups is 1.